The van der Waals surface area contributed by atoms with Crippen molar-refractivity contribution in [3.8, 4) is 0 Å². The molecule has 0 spiro atoms. The average Bonchev–Trinajstić information content (AvgIpc) is 2.33. The zero-order chi connectivity index (χ0) is 13.7. The second-order valence-electron chi connectivity index (χ2n) is 4.19. The van der Waals surface area contributed by atoms with Gasteiger partial charge < -0.3 is 15.2 Å². The van der Waals surface area contributed by atoms with Gasteiger partial charge in [-0.2, -0.15) is 0 Å². The Morgan fingerprint density at radius 1 is 1.39 bits per heavy atom. The van der Waals surface area contributed by atoms with E-state index in [9.17, 15) is 8.76 Å². The van der Waals surface area contributed by atoms with Crippen LogP contribution in [0.3, 0.4) is 0 Å². The number of benzene rings is 1. The standard InChI is InChI=1S/C12H21N3O2S/c1-4-15(8-7-14(3)18(16)17)11-5-6-12(13)10(2)9-11/h5-6,9H,4,7-8,13H2,1-3H3,(H,16,17)/p-1. The fourth-order valence-electron chi connectivity index (χ4n) is 1.66. The highest BCUT2D eigenvalue weighted by atomic mass is 32.2. The van der Waals surface area contributed by atoms with Gasteiger partial charge in [-0.1, -0.05) is 0 Å². The molecule has 2 N–H and O–H groups in total. The second kappa shape index (κ2) is 6.72. The highest BCUT2D eigenvalue weighted by Crippen LogP contribution is 2.20. The van der Waals surface area contributed by atoms with Gasteiger partial charge in [0.15, 0.2) is 0 Å². The summed E-state index contributed by atoms with van der Waals surface area (Å²) in [7, 11) is 1.56. The molecule has 102 valence electrons. The van der Waals surface area contributed by atoms with Crippen molar-refractivity contribution in [2.75, 3.05) is 37.3 Å². The molecule has 0 aliphatic carbocycles. The van der Waals surface area contributed by atoms with E-state index in [0.717, 1.165) is 23.5 Å². The smallest absolute Gasteiger partial charge is 0.0370 e. The molecule has 0 fully saturated rings. The van der Waals surface area contributed by atoms with Crippen molar-refractivity contribution in [2.45, 2.75) is 13.8 Å². The highest BCUT2D eigenvalue weighted by molar-refractivity contribution is 7.76. The minimum atomic E-state index is -2.16. The molecule has 0 saturated carbocycles. The van der Waals surface area contributed by atoms with E-state index in [1.807, 2.05) is 32.0 Å². The molecule has 18 heavy (non-hydrogen) atoms. The van der Waals surface area contributed by atoms with Gasteiger partial charge in [0.25, 0.3) is 0 Å². The van der Waals surface area contributed by atoms with Crippen molar-refractivity contribution in [3.05, 3.63) is 23.8 Å². The van der Waals surface area contributed by atoms with Gasteiger partial charge in [-0.3, -0.25) is 4.21 Å². The first-order chi connectivity index (χ1) is 8.45. The van der Waals surface area contributed by atoms with Gasteiger partial charge in [-0.05, 0) is 44.7 Å². The Morgan fingerprint density at radius 3 is 2.56 bits per heavy atom. The third-order valence-electron chi connectivity index (χ3n) is 2.94. The van der Waals surface area contributed by atoms with Crippen LogP contribution in [0.1, 0.15) is 12.5 Å². The van der Waals surface area contributed by atoms with Crippen LogP contribution >= 0.6 is 0 Å². The third kappa shape index (κ3) is 3.97. The summed E-state index contributed by atoms with van der Waals surface area (Å²) < 4.78 is 22.7. The molecule has 0 saturated heterocycles. The molecule has 1 aromatic carbocycles. The lowest BCUT2D eigenvalue weighted by Gasteiger charge is -2.27. The first-order valence-electron chi connectivity index (χ1n) is 5.87. The van der Waals surface area contributed by atoms with Crippen LogP contribution in [-0.2, 0) is 11.3 Å². The Balaban J connectivity index is 2.71. The van der Waals surface area contributed by atoms with E-state index < -0.39 is 11.3 Å². The van der Waals surface area contributed by atoms with Gasteiger partial charge in [-0.25, -0.2) is 4.31 Å². The lowest BCUT2D eigenvalue weighted by atomic mass is 10.1. The van der Waals surface area contributed by atoms with Crippen LogP contribution in [0.5, 0.6) is 0 Å². The summed E-state index contributed by atoms with van der Waals surface area (Å²) in [6, 6.07) is 5.86. The Labute approximate surface area is 111 Å². The molecule has 1 atom stereocenters. The van der Waals surface area contributed by atoms with E-state index in [1.165, 1.54) is 4.31 Å². The molecule has 0 aromatic heterocycles. The lowest BCUT2D eigenvalue weighted by Crippen LogP contribution is -2.34. The molecule has 6 heteroatoms. The van der Waals surface area contributed by atoms with E-state index in [2.05, 4.69) is 4.90 Å². The Morgan fingerprint density at radius 2 is 2.06 bits per heavy atom. The molecule has 1 unspecified atom stereocenters. The average molecular weight is 270 g/mol. The van der Waals surface area contributed by atoms with Gasteiger partial charge in [-0.15, -0.1) is 0 Å². The van der Waals surface area contributed by atoms with Crippen LogP contribution in [0.25, 0.3) is 0 Å². The maximum Gasteiger partial charge on any atom is 0.0370 e. The van der Waals surface area contributed by atoms with Crippen molar-refractivity contribution < 1.29 is 8.76 Å². The molecular weight excluding hydrogens is 250 g/mol. The molecule has 1 aromatic rings. The van der Waals surface area contributed by atoms with Crippen LogP contribution in [0, 0.1) is 6.92 Å². The number of hydrogen-bond donors (Lipinski definition) is 1. The minimum Gasteiger partial charge on any atom is -0.760 e. The van der Waals surface area contributed by atoms with E-state index in [-0.39, 0.29) is 0 Å². The van der Waals surface area contributed by atoms with Crippen molar-refractivity contribution in [3.63, 3.8) is 0 Å². The number of nitrogens with two attached hydrogens (primary N) is 1. The van der Waals surface area contributed by atoms with Gasteiger partial charge in [0.1, 0.15) is 0 Å². The quantitative estimate of drug-likeness (QED) is 0.621. The number of aryl methyl sites for hydroxylation is 1. The predicted octanol–water partition coefficient (Wildman–Crippen LogP) is 1.13. The monoisotopic (exact) mass is 270 g/mol. The van der Waals surface area contributed by atoms with Gasteiger partial charge in [0.2, 0.25) is 0 Å². The number of nitrogens with zero attached hydrogens (tertiary/aromatic N) is 2. The fourth-order valence-corrected chi connectivity index (χ4v) is 1.89. The molecule has 1 rings (SSSR count). The zero-order valence-corrected chi connectivity index (χ0v) is 11.9. The number of hydrogen-bond acceptors (Lipinski definition) is 4. The number of anilines is 2. The van der Waals surface area contributed by atoms with E-state index in [1.54, 1.807) is 7.05 Å². The summed E-state index contributed by atoms with van der Waals surface area (Å²) in [6.07, 6.45) is 0. The first kappa shape index (κ1) is 14.9. The van der Waals surface area contributed by atoms with Crippen LogP contribution < -0.4 is 10.6 Å². The van der Waals surface area contributed by atoms with Crippen molar-refractivity contribution in [1.29, 1.82) is 0 Å². The predicted molar refractivity (Wildman–Crippen MR) is 75.0 cm³/mol. The summed E-state index contributed by atoms with van der Waals surface area (Å²) in [5.41, 5.74) is 8.65. The van der Waals surface area contributed by atoms with Crippen molar-refractivity contribution >= 4 is 22.6 Å². The largest absolute Gasteiger partial charge is 0.760 e. The lowest BCUT2D eigenvalue weighted by molar-refractivity contribution is 0.435. The van der Waals surface area contributed by atoms with Gasteiger partial charge in [0.05, 0.1) is 0 Å². The number of likely N-dealkylation sites (N-methyl/N-ethyl adjacent to an activating group) is 2. The van der Waals surface area contributed by atoms with Crippen LogP contribution in [0.4, 0.5) is 11.4 Å². The summed E-state index contributed by atoms with van der Waals surface area (Å²) in [5, 5.41) is 0. The molecule has 0 aliphatic rings. The normalized spacial score (nSPS) is 12.7. The second-order valence-corrected chi connectivity index (χ2v) is 5.25. The number of nitrogen functional groups attached to an aromatic ring is 1. The van der Waals surface area contributed by atoms with E-state index in [0.29, 0.717) is 13.1 Å². The molecule has 0 heterocycles. The van der Waals surface area contributed by atoms with Gasteiger partial charge >= 0.3 is 0 Å². The van der Waals surface area contributed by atoms with Crippen LogP contribution in [0.15, 0.2) is 18.2 Å². The molecule has 0 amide bonds. The summed E-state index contributed by atoms with van der Waals surface area (Å²) in [4.78, 5) is 2.12. The third-order valence-corrected chi connectivity index (χ3v) is 3.63. The molecule has 0 radical (unpaired) electrons. The first-order valence-corrected chi connectivity index (χ1v) is 6.90. The van der Waals surface area contributed by atoms with Crippen molar-refractivity contribution in [2.24, 2.45) is 0 Å². The van der Waals surface area contributed by atoms with Crippen LogP contribution in [0.2, 0.25) is 0 Å². The number of rotatable bonds is 6. The fraction of sp³-hybridized carbons (Fsp3) is 0.500. The summed E-state index contributed by atoms with van der Waals surface area (Å²) in [5.74, 6) is 0. The van der Waals surface area contributed by atoms with E-state index >= 15 is 0 Å². The molecule has 0 aliphatic heterocycles. The zero-order valence-electron chi connectivity index (χ0n) is 11.0. The SMILES string of the molecule is CCN(CCN(C)S(=O)[O-])c1ccc(N)c(C)c1. The maximum absolute atomic E-state index is 10.7. The Bertz CT molecular complexity index is 426. The topological polar surface area (TPSA) is 72.6 Å². The summed E-state index contributed by atoms with van der Waals surface area (Å²) in [6.45, 7) is 5.95. The summed E-state index contributed by atoms with van der Waals surface area (Å²) >= 11 is -2.16. The van der Waals surface area contributed by atoms with Crippen LogP contribution in [-0.4, -0.2) is 39.7 Å². The van der Waals surface area contributed by atoms with Crippen molar-refractivity contribution in [1.82, 2.24) is 4.31 Å². The highest BCUT2D eigenvalue weighted by Gasteiger charge is 2.07. The molecule has 0 bridgehead atoms. The Hall–Kier alpha value is -1.11. The maximum atomic E-state index is 10.7. The molecular formula is C12H20N3O2S-. The van der Waals surface area contributed by atoms with Gasteiger partial charge in [0, 0.05) is 42.3 Å². The molecule has 5 nitrogen and oxygen atoms in total. The van der Waals surface area contributed by atoms with E-state index in [4.69, 9.17) is 5.73 Å². The minimum absolute atomic E-state index is 0.466. The Kier molecular flexibility index (Phi) is 5.58.